The lowest BCUT2D eigenvalue weighted by atomic mass is 10.2. The zero-order chi connectivity index (χ0) is 24.2. The summed E-state index contributed by atoms with van der Waals surface area (Å²) in [5, 5.41) is 0. The molecule has 1 nitrogen and oxygen atoms in total. The van der Waals surface area contributed by atoms with Gasteiger partial charge in [0.1, 0.15) is 5.75 Å². The predicted molar refractivity (Wildman–Crippen MR) is 143 cm³/mol. The Morgan fingerprint density at radius 1 is 0.452 bits per heavy atom. The standard InChI is InChI=1S/C8H10O.2C8H10.3C2H6/c1-2-9-8-6-4-3-5-7-8;2*1-2-8-6-4-3-5-7-8;3*1-2/h3-7H,2H2,1H3;2*3-7H,2H2,1H3;3*1-2H3. The molecule has 0 spiro atoms. The Morgan fingerprint density at radius 3 is 0.968 bits per heavy atom. The summed E-state index contributed by atoms with van der Waals surface area (Å²) in [7, 11) is 0. The van der Waals surface area contributed by atoms with E-state index in [1.165, 1.54) is 11.1 Å². The Bertz CT molecular complexity index is 594. The maximum atomic E-state index is 5.21. The Hall–Kier alpha value is -2.54. The molecule has 0 unspecified atom stereocenters. The van der Waals surface area contributed by atoms with E-state index in [1.54, 1.807) is 0 Å². The first-order valence-corrected chi connectivity index (χ1v) is 12.1. The fourth-order valence-corrected chi connectivity index (χ4v) is 2.11. The molecule has 3 aromatic rings. The van der Waals surface area contributed by atoms with Crippen LogP contribution in [0.2, 0.25) is 0 Å². The van der Waals surface area contributed by atoms with Crippen molar-refractivity contribution in [1.82, 2.24) is 0 Å². The average molecular weight is 425 g/mol. The molecule has 0 saturated carbocycles. The monoisotopic (exact) mass is 424 g/mol. The lowest BCUT2D eigenvalue weighted by Crippen LogP contribution is -1.89. The van der Waals surface area contributed by atoms with Gasteiger partial charge < -0.3 is 4.74 Å². The third-order valence-electron chi connectivity index (χ3n) is 3.56. The maximum absolute atomic E-state index is 5.21. The third kappa shape index (κ3) is 22.0. The molecule has 0 heterocycles. The summed E-state index contributed by atoms with van der Waals surface area (Å²) < 4.78 is 5.21. The maximum Gasteiger partial charge on any atom is 0.119 e. The molecule has 1 heteroatoms. The van der Waals surface area contributed by atoms with Gasteiger partial charge in [0.05, 0.1) is 6.61 Å². The fourth-order valence-electron chi connectivity index (χ4n) is 2.11. The second-order valence-electron chi connectivity index (χ2n) is 5.42. The lowest BCUT2D eigenvalue weighted by Gasteiger charge is -1.99. The van der Waals surface area contributed by atoms with Gasteiger partial charge in [0.15, 0.2) is 0 Å². The van der Waals surface area contributed by atoms with Crippen LogP contribution < -0.4 is 4.74 Å². The van der Waals surface area contributed by atoms with Crippen LogP contribution in [-0.4, -0.2) is 6.61 Å². The first kappa shape index (κ1) is 33.1. The smallest absolute Gasteiger partial charge is 0.119 e. The van der Waals surface area contributed by atoms with Crippen LogP contribution in [0, 0.1) is 0 Å². The number of hydrogen-bond acceptors (Lipinski definition) is 1. The molecule has 174 valence electrons. The van der Waals surface area contributed by atoms with Gasteiger partial charge in [0.2, 0.25) is 0 Å². The normalized spacial score (nSPS) is 7.90. The Kier molecular flexibility index (Phi) is 31.7. The SMILES string of the molecule is CC.CC.CC.CCOc1ccccc1.CCc1ccccc1.CCc1ccccc1. The van der Waals surface area contributed by atoms with Gasteiger partial charge >= 0.3 is 0 Å². The van der Waals surface area contributed by atoms with E-state index in [-0.39, 0.29) is 0 Å². The molecule has 3 rings (SSSR count). The van der Waals surface area contributed by atoms with Gasteiger partial charge in [-0.25, -0.2) is 0 Å². The van der Waals surface area contributed by atoms with Crippen molar-refractivity contribution < 1.29 is 4.74 Å². The number of hydrogen-bond donors (Lipinski definition) is 0. The summed E-state index contributed by atoms with van der Waals surface area (Å²) >= 11 is 0. The molecule has 31 heavy (non-hydrogen) atoms. The van der Waals surface area contributed by atoms with Gasteiger partial charge in [0, 0.05) is 0 Å². The number of ether oxygens (including phenoxy) is 1. The molecule has 0 aliphatic carbocycles. The Balaban J connectivity index is -0.000000338. The third-order valence-corrected chi connectivity index (χ3v) is 3.56. The number of aryl methyl sites for hydroxylation is 2. The van der Waals surface area contributed by atoms with E-state index >= 15 is 0 Å². The summed E-state index contributed by atoms with van der Waals surface area (Å²) in [5.74, 6) is 0.944. The van der Waals surface area contributed by atoms with Crippen molar-refractivity contribution in [2.45, 2.75) is 75.2 Å². The first-order valence-electron chi connectivity index (χ1n) is 12.1. The first-order chi connectivity index (χ1) is 15.3. The van der Waals surface area contributed by atoms with Gasteiger partial charge in [-0.2, -0.15) is 0 Å². The summed E-state index contributed by atoms with van der Waals surface area (Å²) in [6, 6.07) is 30.7. The minimum atomic E-state index is 0.740. The van der Waals surface area contributed by atoms with Crippen LogP contribution in [0.5, 0.6) is 5.75 Å². The molecule has 0 saturated heterocycles. The van der Waals surface area contributed by atoms with E-state index in [0.29, 0.717) is 0 Å². The highest BCUT2D eigenvalue weighted by molar-refractivity contribution is 5.20. The molecule has 0 radical (unpaired) electrons. The second kappa shape index (κ2) is 29.7. The van der Waals surface area contributed by atoms with Crippen LogP contribution in [0.15, 0.2) is 91.0 Å². The zero-order valence-electron chi connectivity index (χ0n) is 21.7. The highest BCUT2D eigenvalue weighted by Crippen LogP contribution is 2.06. The van der Waals surface area contributed by atoms with Crippen LogP contribution in [-0.2, 0) is 12.8 Å². The number of rotatable bonds is 4. The molecule has 0 aromatic heterocycles. The van der Waals surface area contributed by atoms with Crippen LogP contribution in [0.1, 0.15) is 73.4 Å². The van der Waals surface area contributed by atoms with Gasteiger partial charge in [-0.1, -0.05) is 134 Å². The van der Waals surface area contributed by atoms with Gasteiger partial charge in [-0.3, -0.25) is 0 Å². The van der Waals surface area contributed by atoms with Crippen molar-refractivity contribution in [3.05, 3.63) is 102 Å². The van der Waals surface area contributed by atoms with E-state index < -0.39 is 0 Å². The molecule has 0 aliphatic rings. The summed E-state index contributed by atoms with van der Waals surface area (Å²) in [6.45, 7) is 19.0. The van der Waals surface area contributed by atoms with Gasteiger partial charge in [-0.05, 0) is 43.0 Å². The summed E-state index contributed by atoms with van der Waals surface area (Å²) in [5.41, 5.74) is 2.82. The second-order valence-corrected chi connectivity index (χ2v) is 5.42. The molecule has 0 aliphatic heterocycles. The number of para-hydroxylation sites is 1. The minimum Gasteiger partial charge on any atom is -0.494 e. The molecule has 0 N–H and O–H groups in total. The van der Waals surface area contributed by atoms with Crippen molar-refractivity contribution in [2.24, 2.45) is 0 Å². The van der Waals surface area contributed by atoms with E-state index in [9.17, 15) is 0 Å². The summed E-state index contributed by atoms with van der Waals surface area (Å²) in [6.07, 6.45) is 2.28. The van der Waals surface area contributed by atoms with Crippen LogP contribution in [0.25, 0.3) is 0 Å². The predicted octanol–water partition coefficient (Wildman–Crippen LogP) is 9.66. The van der Waals surface area contributed by atoms with Crippen molar-refractivity contribution >= 4 is 0 Å². The molecule has 0 atom stereocenters. The van der Waals surface area contributed by atoms with Gasteiger partial charge in [0.25, 0.3) is 0 Å². The van der Waals surface area contributed by atoms with E-state index in [2.05, 4.69) is 62.4 Å². The quantitative estimate of drug-likeness (QED) is 0.405. The highest BCUT2D eigenvalue weighted by Gasteiger charge is 1.84. The molecular weight excluding hydrogens is 376 g/mol. The zero-order valence-corrected chi connectivity index (χ0v) is 21.7. The topological polar surface area (TPSA) is 9.23 Å². The van der Waals surface area contributed by atoms with Crippen molar-refractivity contribution in [3.63, 3.8) is 0 Å². The van der Waals surface area contributed by atoms with Crippen LogP contribution >= 0.6 is 0 Å². The molecule has 3 aromatic carbocycles. The molecule has 0 fully saturated rings. The number of benzene rings is 3. The van der Waals surface area contributed by atoms with Gasteiger partial charge in [-0.15, -0.1) is 0 Å². The molecular formula is C30H48O. The van der Waals surface area contributed by atoms with Crippen molar-refractivity contribution in [3.8, 4) is 5.75 Å². The average Bonchev–Trinajstić information content (AvgIpc) is 2.90. The Labute approximate surface area is 194 Å². The molecule has 0 bridgehead atoms. The minimum absolute atomic E-state index is 0.740. The molecule has 0 amide bonds. The lowest BCUT2D eigenvalue weighted by molar-refractivity contribution is 0.340. The van der Waals surface area contributed by atoms with Crippen molar-refractivity contribution in [1.29, 1.82) is 0 Å². The largest absolute Gasteiger partial charge is 0.494 e. The fraction of sp³-hybridized carbons (Fsp3) is 0.400. The Morgan fingerprint density at radius 2 is 0.742 bits per heavy atom. The highest BCUT2D eigenvalue weighted by atomic mass is 16.5. The van der Waals surface area contributed by atoms with Crippen LogP contribution in [0.3, 0.4) is 0 Å². The van der Waals surface area contributed by atoms with Crippen molar-refractivity contribution in [2.75, 3.05) is 6.61 Å². The van der Waals surface area contributed by atoms with Crippen LogP contribution in [0.4, 0.5) is 0 Å². The van der Waals surface area contributed by atoms with E-state index in [0.717, 1.165) is 25.2 Å². The summed E-state index contributed by atoms with van der Waals surface area (Å²) in [4.78, 5) is 0. The van der Waals surface area contributed by atoms with E-state index in [1.807, 2.05) is 90.9 Å². The van der Waals surface area contributed by atoms with E-state index in [4.69, 9.17) is 4.74 Å².